The summed E-state index contributed by atoms with van der Waals surface area (Å²) in [5, 5.41) is 21.8. The van der Waals surface area contributed by atoms with Crippen molar-refractivity contribution >= 4 is 34.0 Å². The van der Waals surface area contributed by atoms with Gasteiger partial charge in [0, 0.05) is 10.1 Å². The first-order valence-corrected chi connectivity index (χ1v) is 7.83. The summed E-state index contributed by atoms with van der Waals surface area (Å²) in [4.78, 5) is 12.9. The lowest BCUT2D eigenvalue weighted by Gasteiger charge is -2.13. The lowest BCUT2D eigenvalue weighted by atomic mass is 10.2. The maximum Gasteiger partial charge on any atom is 0.235 e. The summed E-state index contributed by atoms with van der Waals surface area (Å²) < 4.78 is 0. The van der Waals surface area contributed by atoms with Crippen LogP contribution in [-0.4, -0.2) is 28.1 Å². The van der Waals surface area contributed by atoms with E-state index in [1.807, 2.05) is 20.8 Å². The first kappa shape index (κ1) is 16.0. The first-order chi connectivity index (χ1) is 8.86. The molecule has 0 saturated carbocycles. The highest BCUT2D eigenvalue weighted by molar-refractivity contribution is 8.00. The molecule has 1 amide bonds. The molecule has 0 spiro atoms. The topological polar surface area (TPSA) is 73.1 Å². The molecular formula is C13H18N2O2S2. The number of aliphatic hydroxyl groups excluding tert-OH is 1. The van der Waals surface area contributed by atoms with Crippen LogP contribution in [0.2, 0.25) is 0 Å². The van der Waals surface area contributed by atoms with Crippen LogP contribution in [0.5, 0.6) is 0 Å². The van der Waals surface area contributed by atoms with E-state index in [2.05, 4.69) is 11.4 Å². The van der Waals surface area contributed by atoms with Gasteiger partial charge in [0.2, 0.25) is 5.91 Å². The standard InChI is InChI=1S/C13H18N2O2S2/c1-7-9(3)19-13(11(7)5-14)15-12(17)6-18-10(4)8(2)16/h8,10,16H,6H2,1-4H3,(H,15,17). The Balaban J connectivity index is 2.63. The first-order valence-electron chi connectivity index (χ1n) is 5.96. The van der Waals surface area contributed by atoms with Gasteiger partial charge in [0.15, 0.2) is 0 Å². The van der Waals surface area contributed by atoms with Gasteiger partial charge in [0.25, 0.3) is 0 Å². The van der Waals surface area contributed by atoms with Crippen LogP contribution in [0.3, 0.4) is 0 Å². The smallest absolute Gasteiger partial charge is 0.235 e. The van der Waals surface area contributed by atoms with Crippen LogP contribution in [-0.2, 0) is 4.79 Å². The molecule has 19 heavy (non-hydrogen) atoms. The highest BCUT2D eigenvalue weighted by Crippen LogP contribution is 2.31. The number of amides is 1. The van der Waals surface area contributed by atoms with E-state index in [1.54, 1.807) is 6.92 Å². The Morgan fingerprint density at radius 3 is 2.68 bits per heavy atom. The fourth-order valence-electron chi connectivity index (χ4n) is 1.36. The number of anilines is 1. The number of hydrogen-bond donors (Lipinski definition) is 2. The average molecular weight is 298 g/mol. The molecule has 0 saturated heterocycles. The van der Waals surface area contributed by atoms with Crippen LogP contribution in [0.15, 0.2) is 0 Å². The molecule has 2 atom stereocenters. The molecule has 0 aliphatic heterocycles. The van der Waals surface area contributed by atoms with Crippen molar-refractivity contribution in [2.24, 2.45) is 0 Å². The van der Waals surface area contributed by atoms with E-state index >= 15 is 0 Å². The van der Waals surface area contributed by atoms with Crippen molar-refractivity contribution in [2.75, 3.05) is 11.1 Å². The summed E-state index contributed by atoms with van der Waals surface area (Å²) in [6.07, 6.45) is -0.446. The number of nitrogens with zero attached hydrogens (tertiary/aromatic N) is 1. The molecule has 104 valence electrons. The summed E-state index contributed by atoms with van der Waals surface area (Å²) in [5.74, 6) is 0.127. The van der Waals surface area contributed by atoms with Crippen molar-refractivity contribution < 1.29 is 9.90 Å². The van der Waals surface area contributed by atoms with E-state index in [9.17, 15) is 9.90 Å². The van der Waals surface area contributed by atoms with Crippen LogP contribution in [0.1, 0.15) is 29.9 Å². The molecule has 1 aromatic heterocycles. The van der Waals surface area contributed by atoms with Crippen molar-refractivity contribution in [3.8, 4) is 6.07 Å². The number of thiophene rings is 1. The molecule has 2 N–H and O–H groups in total. The zero-order valence-electron chi connectivity index (χ0n) is 11.5. The molecule has 0 bridgehead atoms. The highest BCUT2D eigenvalue weighted by atomic mass is 32.2. The molecule has 0 aliphatic carbocycles. The Kier molecular flexibility index (Phi) is 5.85. The number of hydrogen-bond acceptors (Lipinski definition) is 5. The molecule has 2 unspecified atom stereocenters. The largest absolute Gasteiger partial charge is 0.392 e. The Morgan fingerprint density at radius 2 is 2.16 bits per heavy atom. The predicted octanol–water partition coefficient (Wildman–Crippen LogP) is 2.68. The molecule has 4 nitrogen and oxygen atoms in total. The lowest BCUT2D eigenvalue weighted by Crippen LogP contribution is -2.20. The van der Waals surface area contributed by atoms with Gasteiger partial charge >= 0.3 is 0 Å². The summed E-state index contributed by atoms with van der Waals surface area (Å²) >= 11 is 2.82. The monoisotopic (exact) mass is 298 g/mol. The molecule has 0 aromatic carbocycles. The van der Waals surface area contributed by atoms with E-state index < -0.39 is 6.10 Å². The highest BCUT2D eigenvalue weighted by Gasteiger charge is 2.16. The van der Waals surface area contributed by atoms with Crippen molar-refractivity contribution in [3.63, 3.8) is 0 Å². The molecular weight excluding hydrogens is 280 g/mol. The number of aryl methyl sites for hydroxylation is 1. The summed E-state index contributed by atoms with van der Waals surface area (Å²) in [6, 6.07) is 2.12. The molecule has 6 heteroatoms. The minimum Gasteiger partial charge on any atom is -0.392 e. The third kappa shape index (κ3) is 4.23. The average Bonchev–Trinajstić information content (AvgIpc) is 2.61. The second kappa shape index (κ2) is 6.94. The van der Waals surface area contributed by atoms with Crippen LogP contribution in [0.4, 0.5) is 5.00 Å². The van der Waals surface area contributed by atoms with Crippen LogP contribution >= 0.6 is 23.1 Å². The maximum atomic E-state index is 11.8. The number of rotatable bonds is 5. The molecule has 0 fully saturated rings. The van der Waals surface area contributed by atoms with E-state index in [0.29, 0.717) is 10.6 Å². The number of nitriles is 1. The van der Waals surface area contributed by atoms with Gasteiger partial charge in [-0.05, 0) is 26.3 Å². The van der Waals surface area contributed by atoms with Gasteiger partial charge in [0.1, 0.15) is 11.1 Å². The SMILES string of the molecule is Cc1sc(NC(=O)CSC(C)C(C)O)c(C#N)c1C. The van der Waals surface area contributed by atoms with Gasteiger partial charge in [-0.2, -0.15) is 5.26 Å². The minimum absolute atomic E-state index is 0.00740. The third-order valence-corrected chi connectivity index (χ3v) is 5.38. The number of nitrogens with one attached hydrogen (secondary N) is 1. The summed E-state index contributed by atoms with van der Waals surface area (Å²) in [6.45, 7) is 7.39. The van der Waals surface area contributed by atoms with Gasteiger partial charge in [-0.1, -0.05) is 6.92 Å². The van der Waals surface area contributed by atoms with Gasteiger partial charge in [-0.3, -0.25) is 4.79 Å². The number of carbonyl (C=O) groups excluding carboxylic acids is 1. The second-order valence-electron chi connectivity index (χ2n) is 4.40. The maximum absolute atomic E-state index is 11.8. The van der Waals surface area contributed by atoms with E-state index in [0.717, 1.165) is 10.4 Å². The minimum atomic E-state index is -0.446. The molecule has 1 aromatic rings. The zero-order valence-corrected chi connectivity index (χ0v) is 13.1. The molecule has 1 rings (SSSR count). The number of carbonyl (C=O) groups is 1. The van der Waals surface area contributed by atoms with Crippen molar-refractivity contribution in [1.29, 1.82) is 5.26 Å². The predicted molar refractivity (Wildman–Crippen MR) is 80.7 cm³/mol. The second-order valence-corrected chi connectivity index (χ2v) is 6.99. The Hall–Kier alpha value is -1.03. The fourth-order valence-corrected chi connectivity index (χ4v) is 3.15. The summed E-state index contributed by atoms with van der Waals surface area (Å²) in [5.41, 5.74) is 1.47. The van der Waals surface area contributed by atoms with Gasteiger partial charge in [-0.15, -0.1) is 23.1 Å². The van der Waals surface area contributed by atoms with Crippen LogP contribution in [0, 0.1) is 25.2 Å². The Labute approximate surface area is 121 Å². The number of aliphatic hydroxyl groups is 1. The number of thioether (sulfide) groups is 1. The lowest BCUT2D eigenvalue weighted by molar-refractivity contribution is -0.113. The quantitative estimate of drug-likeness (QED) is 0.876. The van der Waals surface area contributed by atoms with Crippen molar-refractivity contribution in [2.45, 2.75) is 39.0 Å². The van der Waals surface area contributed by atoms with Gasteiger partial charge in [-0.25, -0.2) is 0 Å². The third-order valence-electron chi connectivity index (χ3n) is 2.91. The van der Waals surface area contributed by atoms with Crippen molar-refractivity contribution in [3.05, 3.63) is 16.0 Å². The van der Waals surface area contributed by atoms with E-state index in [4.69, 9.17) is 5.26 Å². The molecule has 0 aliphatic rings. The van der Waals surface area contributed by atoms with Gasteiger partial charge in [0.05, 0.1) is 17.4 Å². The Morgan fingerprint density at radius 1 is 1.53 bits per heavy atom. The normalized spacial score (nSPS) is 13.7. The molecule has 1 heterocycles. The van der Waals surface area contributed by atoms with Crippen molar-refractivity contribution in [1.82, 2.24) is 0 Å². The fraction of sp³-hybridized carbons (Fsp3) is 0.538. The van der Waals surface area contributed by atoms with Crippen LogP contribution < -0.4 is 5.32 Å². The summed E-state index contributed by atoms with van der Waals surface area (Å²) in [7, 11) is 0. The van der Waals surface area contributed by atoms with Crippen LogP contribution in [0.25, 0.3) is 0 Å². The van der Waals surface area contributed by atoms with E-state index in [-0.39, 0.29) is 16.9 Å². The van der Waals surface area contributed by atoms with Gasteiger partial charge < -0.3 is 10.4 Å². The zero-order chi connectivity index (χ0) is 14.6. The van der Waals surface area contributed by atoms with E-state index in [1.165, 1.54) is 23.1 Å². The Bertz CT molecular complexity index is 503. The molecule has 0 radical (unpaired) electrons.